The highest BCUT2D eigenvalue weighted by Gasteiger charge is 2.45. The fourth-order valence-corrected chi connectivity index (χ4v) is 8.27. The Balaban J connectivity index is 0.758. The first-order valence-corrected chi connectivity index (χ1v) is 19.0. The van der Waals surface area contributed by atoms with Gasteiger partial charge in [0.1, 0.15) is 6.04 Å². The number of hydrogen-bond acceptors (Lipinski definition) is 11. The van der Waals surface area contributed by atoms with Crippen LogP contribution >= 0.6 is 0 Å². The smallest absolute Gasteiger partial charge is 0.262 e. The van der Waals surface area contributed by atoms with Gasteiger partial charge >= 0.3 is 0 Å². The Labute approximate surface area is 322 Å². The van der Waals surface area contributed by atoms with Crippen LogP contribution in [0.15, 0.2) is 73.4 Å². The third-order valence-corrected chi connectivity index (χ3v) is 11.3. The molecule has 2 N–H and O–H groups in total. The highest BCUT2D eigenvalue weighted by atomic mass is 16.2. The molecule has 0 aliphatic carbocycles. The molecule has 5 aromatic rings. The van der Waals surface area contributed by atoms with Gasteiger partial charge in [-0.25, -0.2) is 9.97 Å². The third-order valence-electron chi connectivity index (χ3n) is 11.3. The molecular weight excluding hydrogens is 715 g/mol. The number of nitrogens with zero attached hydrogens (tertiary/aromatic N) is 9. The van der Waals surface area contributed by atoms with Crippen LogP contribution in [-0.4, -0.2) is 120 Å². The number of aromatic nitrogens is 5. The molecule has 0 radical (unpaired) electrons. The number of likely N-dealkylation sites (tertiary alicyclic amines) is 1. The normalized spacial score (nSPS) is 19.5. The summed E-state index contributed by atoms with van der Waals surface area (Å²) in [7, 11) is 0. The lowest BCUT2D eigenvalue weighted by molar-refractivity contribution is -0.136. The molecule has 56 heavy (non-hydrogen) atoms. The van der Waals surface area contributed by atoms with Crippen molar-refractivity contribution in [3.05, 3.63) is 90.1 Å². The topological polar surface area (TPSA) is 170 Å². The Kier molecular flexibility index (Phi) is 9.04. The number of nitrogens with one attached hydrogen (secondary N) is 2. The molecule has 7 heterocycles. The zero-order valence-corrected chi connectivity index (χ0v) is 30.9. The van der Waals surface area contributed by atoms with E-state index in [4.69, 9.17) is 4.98 Å². The molecule has 3 saturated heterocycles. The molecule has 1 unspecified atom stereocenters. The van der Waals surface area contributed by atoms with E-state index in [0.29, 0.717) is 38.5 Å². The maximum atomic E-state index is 13.4. The van der Waals surface area contributed by atoms with E-state index in [-0.39, 0.29) is 35.9 Å². The van der Waals surface area contributed by atoms with Crippen molar-refractivity contribution < 1.29 is 24.0 Å². The van der Waals surface area contributed by atoms with Crippen molar-refractivity contribution in [3.63, 3.8) is 0 Å². The number of imide groups is 2. The number of piperidine rings is 2. The van der Waals surface area contributed by atoms with E-state index < -0.39 is 29.7 Å². The summed E-state index contributed by atoms with van der Waals surface area (Å²) in [4.78, 5) is 80.3. The zero-order chi connectivity index (χ0) is 38.5. The van der Waals surface area contributed by atoms with Gasteiger partial charge in [-0.1, -0.05) is 23.8 Å². The van der Waals surface area contributed by atoms with Crippen LogP contribution in [0.5, 0.6) is 0 Å². The summed E-state index contributed by atoms with van der Waals surface area (Å²) < 4.78 is 4.04. The number of imidazole rings is 1. The van der Waals surface area contributed by atoms with Crippen molar-refractivity contribution >= 4 is 52.4 Å². The van der Waals surface area contributed by atoms with E-state index >= 15 is 0 Å². The van der Waals surface area contributed by atoms with Crippen molar-refractivity contribution in [2.75, 3.05) is 56.0 Å². The number of piperazine rings is 1. The maximum Gasteiger partial charge on any atom is 0.262 e. The van der Waals surface area contributed by atoms with Crippen LogP contribution in [0.1, 0.15) is 58.0 Å². The molecule has 16 heteroatoms. The van der Waals surface area contributed by atoms with Gasteiger partial charge in [-0.2, -0.15) is 5.10 Å². The van der Waals surface area contributed by atoms with Crippen LogP contribution in [0.4, 0.5) is 17.2 Å². The zero-order valence-electron chi connectivity index (χ0n) is 30.9. The van der Waals surface area contributed by atoms with Crippen molar-refractivity contribution in [2.24, 2.45) is 0 Å². The van der Waals surface area contributed by atoms with Crippen LogP contribution in [0, 0.1) is 6.92 Å². The van der Waals surface area contributed by atoms with Gasteiger partial charge in [0.05, 0.1) is 47.5 Å². The summed E-state index contributed by atoms with van der Waals surface area (Å²) in [6.07, 6.45) is 11.3. The van der Waals surface area contributed by atoms with Crippen molar-refractivity contribution in [1.82, 2.24) is 44.2 Å². The minimum Gasteiger partial charge on any atom is -0.368 e. The molecule has 4 aliphatic heterocycles. The van der Waals surface area contributed by atoms with E-state index in [9.17, 15) is 24.0 Å². The van der Waals surface area contributed by atoms with E-state index in [1.807, 2.05) is 38.6 Å². The number of carbonyl (C=O) groups is 5. The fourth-order valence-electron chi connectivity index (χ4n) is 8.27. The van der Waals surface area contributed by atoms with Gasteiger partial charge in [0, 0.05) is 75.5 Å². The molecule has 9 rings (SSSR count). The molecule has 1 atom stereocenters. The second-order valence-corrected chi connectivity index (χ2v) is 14.9. The van der Waals surface area contributed by atoms with Crippen molar-refractivity contribution in [3.8, 4) is 11.3 Å². The number of anilines is 3. The molecule has 4 aliphatic rings. The summed E-state index contributed by atoms with van der Waals surface area (Å²) in [5.74, 6) is -1.35. The molecule has 0 saturated carbocycles. The first-order chi connectivity index (χ1) is 27.2. The minimum absolute atomic E-state index is 0.0713. The third kappa shape index (κ3) is 6.55. The van der Waals surface area contributed by atoms with Gasteiger partial charge < -0.3 is 15.1 Å². The van der Waals surface area contributed by atoms with Gasteiger partial charge in [0.25, 0.3) is 11.8 Å². The average molecular weight is 756 g/mol. The molecule has 3 aromatic heterocycles. The Morgan fingerprint density at radius 2 is 1.70 bits per heavy atom. The molecule has 3 fully saturated rings. The summed E-state index contributed by atoms with van der Waals surface area (Å²) in [5, 5.41) is 10.3. The van der Waals surface area contributed by atoms with E-state index in [1.54, 1.807) is 30.6 Å². The highest BCUT2D eigenvalue weighted by molar-refractivity contribution is 6.23. The van der Waals surface area contributed by atoms with Crippen LogP contribution in [-0.2, 0) is 14.4 Å². The van der Waals surface area contributed by atoms with E-state index in [1.165, 1.54) is 5.56 Å². The SMILES string of the molecule is Cc1cccc(-c2cnc(Nc3cnn(C4CCN(CC(=O)N5CCN(c6ccc7c(c6)C(=O)N(C6CCC(=O)NC6=O)C7=O)CC5)CC4)c3)c3nccn23)c1. The van der Waals surface area contributed by atoms with E-state index in [0.717, 1.165) is 59.1 Å². The standard InChI is InChI=1S/C40H41N11O5/c1-25-3-2-4-26(19-25)33-22-42-36(37-41-11-14-49(33)37)44-27-21-43-50(23-27)28-9-12-46(13-10-28)24-35(53)48-17-15-47(16-18-48)29-5-6-30-31(20-29)40(56)51(39(30)55)32-7-8-34(52)45-38(32)54/h2-6,11,14,19-23,28,32H,7-10,12-13,15-18,24H2,1H3,(H,42,44)(H,45,52,54). The number of hydrogen-bond donors (Lipinski definition) is 2. The first-order valence-electron chi connectivity index (χ1n) is 19.0. The van der Waals surface area contributed by atoms with Crippen LogP contribution in [0.25, 0.3) is 16.9 Å². The first kappa shape index (κ1) is 35.3. The maximum absolute atomic E-state index is 13.4. The van der Waals surface area contributed by atoms with E-state index in [2.05, 4.69) is 55.6 Å². The Morgan fingerprint density at radius 3 is 2.48 bits per heavy atom. The Bertz CT molecular complexity index is 2390. The van der Waals surface area contributed by atoms with Gasteiger partial charge in [0.15, 0.2) is 11.5 Å². The molecule has 286 valence electrons. The second-order valence-electron chi connectivity index (χ2n) is 14.9. The molecule has 2 aromatic carbocycles. The Hall–Kier alpha value is -6.42. The van der Waals surface area contributed by atoms with Crippen LogP contribution in [0.3, 0.4) is 0 Å². The number of aryl methyl sites for hydroxylation is 1. The summed E-state index contributed by atoms with van der Waals surface area (Å²) >= 11 is 0. The quantitative estimate of drug-likeness (QED) is 0.223. The number of benzene rings is 2. The van der Waals surface area contributed by atoms with Gasteiger partial charge in [0.2, 0.25) is 17.7 Å². The lowest BCUT2D eigenvalue weighted by Crippen LogP contribution is -2.54. The Morgan fingerprint density at radius 1 is 0.893 bits per heavy atom. The minimum atomic E-state index is -1.00. The van der Waals surface area contributed by atoms with Crippen molar-refractivity contribution in [1.29, 1.82) is 0 Å². The highest BCUT2D eigenvalue weighted by Crippen LogP contribution is 2.32. The van der Waals surface area contributed by atoms with Gasteiger partial charge in [-0.3, -0.25) is 48.2 Å². The molecule has 0 spiro atoms. The second kappa shape index (κ2) is 14.3. The predicted octanol–water partition coefficient (Wildman–Crippen LogP) is 3.03. The summed E-state index contributed by atoms with van der Waals surface area (Å²) in [6.45, 7) is 6.25. The number of fused-ring (bicyclic) bond motifs is 2. The molecule has 16 nitrogen and oxygen atoms in total. The van der Waals surface area contributed by atoms with Crippen molar-refractivity contribution in [2.45, 2.75) is 44.7 Å². The number of rotatable bonds is 8. The average Bonchev–Trinajstić information content (AvgIpc) is 3.95. The molecular formula is C40H41N11O5. The lowest BCUT2D eigenvalue weighted by atomic mass is 10.0. The fraction of sp³-hybridized carbons (Fsp3) is 0.350. The monoisotopic (exact) mass is 755 g/mol. The number of carbonyl (C=O) groups excluding carboxylic acids is 5. The van der Waals surface area contributed by atoms with Gasteiger partial charge in [-0.05, 0) is 50.5 Å². The lowest BCUT2D eigenvalue weighted by Gasteiger charge is -2.38. The summed E-state index contributed by atoms with van der Waals surface area (Å²) in [5.41, 5.74) is 6.05. The predicted molar refractivity (Wildman–Crippen MR) is 205 cm³/mol. The van der Waals surface area contributed by atoms with Gasteiger partial charge in [-0.15, -0.1) is 0 Å². The molecule has 0 bridgehead atoms. The molecule has 5 amide bonds. The van der Waals surface area contributed by atoms with Crippen LogP contribution < -0.4 is 15.5 Å². The van der Waals surface area contributed by atoms with Crippen LogP contribution in [0.2, 0.25) is 0 Å². The number of amides is 5. The summed E-state index contributed by atoms with van der Waals surface area (Å²) in [6, 6.07) is 12.6. The largest absolute Gasteiger partial charge is 0.368 e.